The van der Waals surface area contributed by atoms with Gasteiger partial charge in [0.15, 0.2) is 0 Å². The number of hydrogen-bond donors (Lipinski definition) is 0. The van der Waals surface area contributed by atoms with Crippen molar-refractivity contribution in [1.82, 2.24) is 0 Å². The Morgan fingerprint density at radius 1 is 1.04 bits per heavy atom. The third-order valence-electron chi connectivity index (χ3n) is 4.23. The molecule has 1 aliphatic rings. The van der Waals surface area contributed by atoms with Crippen molar-refractivity contribution in [3.8, 4) is 0 Å². The van der Waals surface area contributed by atoms with Crippen LogP contribution in [0.25, 0.3) is 0 Å². The predicted octanol–water partition coefficient (Wildman–Crippen LogP) is 4.56. The van der Waals surface area contributed by atoms with E-state index >= 15 is 0 Å². The average molecular weight is 386 g/mol. The van der Waals surface area contributed by atoms with Crippen LogP contribution in [0.4, 0.5) is 39.5 Å². The van der Waals surface area contributed by atoms with Crippen LogP contribution in [0, 0.1) is 0 Å². The zero-order valence-corrected chi connectivity index (χ0v) is 13.4. The molecule has 1 saturated heterocycles. The molecule has 0 aromatic carbocycles. The molecule has 2 unspecified atom stereocenters. The van der Waals surface area contributed by atoms with E-state index in [1.807, 2.05) is 0 Å². The van der Waals surface area contributed by atoms with Crippen LogP contribution in [0.3, 0.4) is 0 Å². The van der Waals surface area contributed by atoms with Crippen LogP contribution in [-0.2, 0) is 4.79 Å². The monoisotopic (exact) mass is 386 g/mol. The van der Waals surface area contributed by atoms with Gasteiger partial charge >= 0.3 is 29.9 Å². The fraction of sp³-hybridized carbons (Fsp3) is 0.786. The normalized spacial score (nSPS) is 25.0. The number of halogens is 9. The molecule has 0 radical (unpaired) electrons. The molecule has 146 valence electrons. The molecule has 0 bridgehead atoms. The van der Waals surface area contributed by atoms with Gasteiger partial charge in [0.05, 0.1) is 6.54 Å². The summed E-state index contributed by atoms with van der Waals surface area (Å²) in [6, 6.07) is -2.67. The molecule has 2 nitrogen and oxygen atoms in total. The maximum Gasteiger partial charge on any atom is 0.460 e. The van der Waals surface area contributed by atoms with Crippen molar-refractivity contribution in [1.29, 1.82) is 0 Å². The number of carbonyl (C=O) groups is 1. The first-order valence-corrected chi connectivity index (χ1v) is 7.28. The maximum atomic E-state index is 14.0. The first-order chi connectivity index (χ1) is 11.0. The Bertz CT molecular complexity index is 555. The van der Waals surface area contributed by atoms with Crippen molar-refractivity contribution >= 4 is 5.91 Å². The van der Waals surface area contributed by atoms with E-state index in [9.17, 15) is 44.3 Å². The fourth-order valence-corrected chi connectivity index (χ4v) is 2.68. The molecule has 0 spiro atoms. The lowest BCUT2D eigenvalue weighted by atomic mass is 10.0. The zero-order chi connectivity index (χ0) is 20.1. The van der Waals surface area contributed by atoms with Gasteiger partial charge in [-0.25, -0.2) is 9.28 Å². The number of hydrogen-bond acceptors (Lipinski definition) is 1. The van der Waals surface area contributed by atoms with Gasteiger partial charge in [-0.05, 0) is 13.3 Å². The van der Waals surface area contributed by atoms with Crippen molar-refractivity contribution in [2.24, 2.45) is 0 Å². The Morgan fingerprint density at radius 2 is 1.52 bits per heavy atom. The van der Waals surface area contributed by atoms with Crippen molar-refractivity contribution in [2.75, 3.05) is 13.1 Å². The Balaban J connectivity index is 3.29. The van der Waals surface area contributed by atoms with Crippen LogP contribution in [0.5, 0.6) is 0 Å². The second-order valence-electron chi connectivity index (χ2n) is 6.16. The summed E-state index contributed by atoms with van der Waals surface area (Å²) in [6.45, 7) is 4.59. The molecule has 0 saturated carbocycles. The predicted molar refractivity (Wildman–Crippen MR) is 69.4 cm³/mol. The van der Waals surface area contributed by atoms with Crippen LogP contribution < -0.4 is 0 Å². The van der Waals surface area contributed by atoms with Crippen LogP contribution in [0.15, 0.2) is 12.2 Å². The van der Waals surface area contributed by atoms with Crippen LogP contribution >= 0.6 is 0 Å². The highest BCUT2D eigenvalue weighted by Crippen LogP contribution is 2.58. The first kappa shape index (κ1) is 21.8. The molecule has 1 fully saturated rings. The van der Waals surface area contributed by atoms with Gasteiger partial charge in [0.2, 0.25) is 6.04 Å². The van der Waals surface area contributed by atoms with E-state index in [4.69, 9.17) is 0 Å². The third-order valence-corrected chi connectivity index (χ3v) is 4.23. The summed E-state index contributed by atoms with van der Waals surface area (Å²) in [4.78, 5) is 12.0. The molecule has 0 aromatic heterocycles. The molecule has 1 aliphatic heterocycles. The number of nitrogens with zero attached hydrogens (tertiary/aromatic N) is 1. The summed E-state index contributed by atoms with van der Waals surface area (Å²) in [7, 11) is 0. The molecule has 25 heavy (non-hydrogen) atoms. The lowest BCUT2D eigenvalue weighted by Gasteiger charge is -2.33. The third kappa shape index (κ3) is 3.15. The van der Waals surface area contributed by atoms with Gasteiger partial charge in [0.25, 0.3) is 0 Å². The minimum absolute atomic E-state index is 0.118. The van der Waals surface area contributed by atoms with Crippen LogP contribution in [0.2, 0.25) is 0 Å². The Hall–Kier alpha value is -1.26. The number of quaternary nitrogens is 1. The molecule has 2 atom stereocenters. The van der Waals surface area contributed by atoms with E-state index in [0.29, 0.717) is 6.42 Å². The molecule has 0 aromatic rings. The zero-order valence-electron chi connectivity index (χ0n) is 13.4. The molecule has 11 heteroatoms. The van der Waals surface area contributed by atoms with Gasteiger partial charge in [0.1, 0.15) is 6.54 Å². The maximum absolute atomic E-state index is 14.0. The summed E-state index contributed by atoms with van der Waals surface area (Å²) in [5.41, 5.74) is -0.277. The summed E-state index contributed by atoms with van der Waals surface area (Å²) in [5.74, 6) is -20.5. The van der Waals surface area contributed by atoms with Crippen LogP contribution in [-0.4, -0.2) is 53.5 Å². The lowest BCUT2D eigenvalue weighted by Crippen LogP contribution is -2.64. The molecular weight excluding hydrogens is 369 g/mol. The molecule has 0 aliphatic carbocycles. The van der Waals surface area contributed by atoms with Gasteiger partial charge in [-0.1, -0.05) is 19.9 Å². The molecule has 1 rings (SSSR count). The van der Waals surface area contributed by atoms with Gasteiger partial charge < -0.3 is 0 Å². The van der Waals surface area contributed by atoms with Crippen molar-refractivity contribution < 1.29 is 48.8 Å². The number of carbonyl (C=O) groups excluding carboxylic acids is 1. The smallest absolute Gasteiger partial charge is 0.239 e. The number of unbranched alkanes of at least 4 members (excludes halogenated alkanes) is 1. The highest BCUT2D eigenvalue weighted by molar-refractivity contribution is 5.87. The highest BCUT2D eigenvalue weighted by Gasteiger charge is 2.89. The fourth-order valence-electron chi connectivity index (χ4n) is 2.68. The minimum atomic E-state index is -6.95. The van der Waals surface area contributed by atoms with E-state index in [2.05, 4.69) is 6.58 Å². The van der Waals surface area contributed by atoms with Gasteiger partial charge in [-0.3, -0.25) is 0 Å². The van der Waals surface area contributed by atoms with E-state index in [1.54, 1.807) is 6.92 Å². The highest BCUT2D eigenvalue weighted by atomic mass is 19.4. The first-order valence-electron chi connectivity index (χ1n) is 7.28. The molecule has 1 amide bonds. The number of amides is 1. The average Bonchev–Trinajstić information content (AvgIpc) is 3.19. The largest absolute Gasteiger partial charge is 0.460 e. The van der Waals surface area contributed by atoms with Crippen molar-refractivity contribution in [3.05, 3.63) is 12.2 Å². The van der Waals surface area contributed by atoms with E-state index in [0.717, 1.165) is 6.92 Å². The minimum Gasteiger partial charge on any atom is -0.239 e. The van der Waals surface area contributed by atoms with E-state index < -0.39 is 46.9 Å². The summed E-state index contributed by atoms with van der Waals surface area (Å²) in [5, 5.41) is 0. The molecular formula is C14H17F9NO+. The van der Waals surface area contributed by atoms with Gasteiger partial charge in [-0.2, -0.15) is 39.5 Å². The lowest BCUT2D eigenvalue weighted by molar-refractivity contribution is -0.742. The summed E-state index contributed by atoms with van der Waals surface area (Å²) >= 11 is 0. The summed E-state index contributed by atoms with van der Waals surface area (Å²) < 4.78 is 116. The van der Waals surface area contributed by atoms with E-state index in [1.165, 1.54) is 0 Å². The van der Waals surface area contributed by atoms with Crippen LogP contribution in [0.1, 0.15) is 26.7 Å². The SMILES string of the molecule is C=C(C)C(=O)[N+]1(CCCC)CC1C(F)(F)C(F)(F)C(F)(F)C(F)(F)F. The Labute approximate surface area is 137 Å². The topological polar surface area (TPSA) is 17.1 Å². The molecule has 1 heterocycles. The number of rotatable bonds is 7. The summed E-state index contributed by atoms with van der Waals surface area (Å²) in [6.07, 6.45) is -6.38. The quantitative estimate of drug-likeness (QED) is 0.271. The molecule has 0 N–H and O–H groups in total. The standard InChI is InChI=1S/C14H17F9NO/c1-4-5-6-24(10(25)8(2)3)7-9(24)11(15,16)12(17,18)13(19,20)14(21,22)23/h9H,2,4-7H2,1,3H3/q+1. The van der Waals surface area contributed by atoms with Gasteiger partial charge in [0, 0.05) is 5.57 Å². The van der Waals surface area contributed by atoms with Crippen molar-refractivity contribution in [3.63, 3.8) is 0 Å². The van der Waals surface area contributed by atoms with Crippen molar-refractivity contribution in [2.45, 2.75) is 56.7 Å². The number of alkyl halides is 9. The Kier molecular flexibility index (Phi) is 5.37. The Morgan fingerprint density at radius 3 is 1.88 bits per heavy atom. The van der Waals surface area contributed by atoms with E-state index in [-0.39, 0.29) is 18.5 Å². The second-order valence-corrected chi connectivity index (χ2v) is 6.16. The second kappa shape index (κ2) is 6.17. The van der Waals surface area contributed by atoms with Gasteiger partial charge in [-0.15, -0.1) is 0 Å².